The lowest BCUT2D eigenvalue weighted by molar-refractivity contribution is 0.346. The Balaban J connectivity index is 2.27. The number of hydrogen-bond donors (Lipinski definition) is 2. The summed E-state index contributed by atoms with van der Waals surface area (Å²) in [6.45, 7) is 2.73. The fourth-order valence-corrected chi connectivity index (χ4v) is 3.25. The third kappa shape index (κ3) is 2.47. The Kier molecular flexibility index (Phi) is 4.13. The molecule has 0 heterocycles. The largest absolute Gasteiger partial charge is 0.377 e. The fourth-order valence-electron chi connectivity index (χ4n) is 3.09. The van der Waals surface area contributed by atoms with Crippen LogP contribution in [0.25, 0.3) is 0 Å². The summed E-state index contributed by atoms with van der Waals surface area (Å²) in [6.07, 6.45) is 4.44. The monoisotopic (exact) mass is 270 g/mol. The third-order valence-corrected chi connectivity index (χ3v) is 4.46. The van der Waals surface area contributed by atoms with Crippen LogP contribution >= 0.6 is 11.6 Å². The summed E-state index contributed by atoms with van der Waals surface area (Å²) in [5, 5.41) is 3.96. The van der Waals surface area contributed by atoms with Crippen LogP contribution in [0.1, 0.15) is 32.6 Å². The van der Waals surface area contributed by atoms with E-state index in [4.69, 9.17) is 17.3 Å². The number of nitrogens with one attached hydrogen (secondary N) is 1. The van der Waals surface area contributed by atoms with Crippen molar-refractivity contribution in [2.24, 2.45) is 11.7 Å². The number of hydrogen-bond acceptors (Lipinski definition) is 2. The minimum atomic E-state index is -0.278. The molecule has 18 heavy (non-hydrogen) atoms. The van der Waals surface area contributed by atoms with Gasteiger partial charge in [-0.05, 0) is 37.0 Å². The number of halogens is 2. The Labute approximate surface area is 113 Å². The highest BCUT2D eigenvalue weighted by Crippen LogP contribution is 2.40. The van der Waals surface area contributed by atoms with Gasteiger partial charge in [-0.25, -0.2) is 4.39 Å². The third-order valence-electron chi connectivity index (χ3n) is 4.13. The molecule has 1 saturated carbocycles. The topological polar surface area (TPSA) is 38.0 Å². The molecule has 4 heteroatoms. The molecule has 100 valence electrons. The van der Waals surface area contributed by atoms with Crippen LogP contribution in [-0.2, 0) is 0 Å². The van der Waals surface area contributed by atoms with E-state index in [1.807, 2.05) is 0 Å². The maximum Gasteiger partial charge on any atom is 0.125 e. The minimum Gasteiger partial charge on any atom is -0.377 e. The van der Waals surface area contributed by atoms with Gasteiger partial charge in [0.1, 0.15) is 5.82 Å². The Morgan fingerprint density at radius 3 is 3.00 bits per heavy atom. The van der Waals surface area contributed by atoms with E-state index in [2.05, 4.69) is 12.2 Å². The SMILES string of the molecule is CCC1CCCC1(CN)Nc1cc(F)ccc1Cl. The van der Waals surface area contributed by atoms with E-state index in [1.165, 1.54) is 18.6 Å². The second-order valence-corrected chi connectivity index (χ2v) is 5.51. The van der Waals surface area contributed by atoms with Gasteiger partial charge in [-0.3, -0.25) is 0 Å². The molecule has 1 aliphatic carbocycles. The molecular weight excluding hydrogens is 251 g/mol. The van der Waals surface area contributed by atoms with Crippen molar-refractivity contribution >= 4 is 17.3 Å². The van der Waals surface area contributed by atoms with Gasteiger partial charge in [0, 0.05) is 6.54 Å². The van der Waals surface area contributed by atoms with Crippen molar-refractivity contribution in [1.29, 1.82) is 0 Å². The summed E-state index contributed by atoms with van der Waals surface area (Å²) in [7, 11) is 0. The van der Waals surface area contributed by atoms with Crippen LogP contribution in [0, 0.1) is 11.7 Å². The van der Waals surface area contributed by atoms with Crippen molar-refractivity contribution in [3.8, 4) is 0 Å². The zero-order chi connectivity index (χ0) is 13.2. The van der Waals surface area contributed by atoms with Crippen LogP contribution in [0.3, 0.4) is 0 Å². The predicted molar refractivity (Wildman–Crippen MR) is 74.5 cm³/mol. The molecule has 0 aliphatic heterocycles. The van der Waals surface area contributed by atoms with E-state index in [0.717, 1.165) is 19.3 Å². The summed E-state index contributed by atoms with van der Waals surface area (Å²) in [4.78, 5) is 0. The first-order valence-corrected chi connectivity index (χ1v) is 6.92. The van der Waals surface area contributed by atoms with E-state index in [1.54, 1.807) is 6.07 Å². The summed E-state index contributed by atoms with van der Waals surface area (Å²) >= 11 is 6.11. The zero-order valence-corrected chi connectivity index (χ0v) is 11.4. The molecule has 3 N–H and O–H groups in total. The highest BCUT2D eigenvalue weighted by molar-refractivity contribution is 6.33. The highest BCUT2D eigenvalue weighted by Gasteiger charge is 2.40. The van der Waals surface area contributed by atoms with Crippen LogP contribution in [-0.4, -0.2) is 12.1 Å². The summed E-state index contributed by atoms with van der Waals surface area (Å²) in [6, 6.07) is 4.40. The normalized spacial score (nSPS) is 27.4. The first-order chi connectivity index (χ1) is 8.61. The van der Waals surface area contributed by atoms with Gasteiger partial charge in [0.25, 0.3) is 0 Å². The van der Waals surface area contributed by atoms with Gasteiger partial charge >= 0.3 is 0 Å². The van der Waals surface area contributed by atoms with Crippen molar-refractivity contribution in [3.05, 3.63) is 29.0 Å². The van der Waals surface area contributed by atoms with E-state index < -0.39 is 0 Å². The summed E-state index contributed by atoms with van der Waals surface area (Å²) in [5.41, 5.74) is 6.49. The molecule has 1 aromatic carbocycles. The number of anilines is 1. The average Bonchev–Trinajstić information content (AvgIpc) is 2.77. The van der Waals surface area contributed by atoms with Crippen molar-refractivity contribution in [3.63, 3.8) is 0 Å². The highest BCUT2D eigenvalue weighted by atomic mass is 35.5. The number of nitrogens with two attached hydrogens (primary N) is 1. The summed E-state index contributed by atoms with van der Waals surface area (Å²) < 4.78 is 13.3. The van der Waals surface area contributed by atoms with E-state index >= 15 is 0 Å². The summed E-state index contributed by atoms with van der Waals surface area (Å²) in [5.74, 6) is 0.252. The predicted octanol–water partition coefficient (Wildman–Crippen LogP) is 3.80. The number of benzene rings is 1. The van der Waals surface area contributed by atoms with Crippen molar-refractivity contribution < 1.29 is 4.39 Å². The molecule has 1 aliphatic rings. The first kappa shape index (κ1) is 13.6. The Morgan fingerprint density at radius 1 is 1.56 bits per heavy atom. The van der Waals surface area contributed by atoms with E-state index in [-0.39, 0.29) is 11.4 Å². The smallest absolute Gasteiger partial charge is 0.125 e. The molecule has 2 rings (SSSR count). The van der Waals surface area contributed by atoms with Crippen LogP contribution in [0.5, 0.6) is 0 Å². The number of rotatable bonds is 4. The Hall–Kier alpha value is -0.800. The van der Waals surface area contributed by atoms with Gasteiger partial charge in [0.05, 0.1) is 16.2 Å². The molecule has 0 spiro atoms. The second kappa shape index (κ2) is 5.45. The molecule has 0 bridgehead atoms. The van der Waals surface area contributed by atoms with Crippen LogP contribution in [0.4, 0.5) is 10.1 Å². The standard InChI is InChI=1S/C14H20ClFN2/c1-2-10-4-3-7-14(10,9-17)18-13-8-11(16)5-6-12(13)15/h5-6,8,10,18H,2-4,7,9,17H2,1H3. The molecule has 1 aromatic rings. The van der Waals surface area contributed by atoms with Gasteiger partial charge in [0.2, 0.25) is 0 Å². The second-order valence-electron chi connectivity index (χ2n) is 5.11. The van der Waals surface area contributed by atoms with Crippen molar-refractivity contribution in [2.45, 2.75) is 38.1 Å². The zero-order valence-electron chi connectivity index (χ0n) is 10.7. The maximum atomic E-state index is 13.3. The van der Waals surface area contributed by atoms with E-state index in [9.17, 15) is 4.39 Å². The van der Waals surface area contributed by atoms with Crippen LogP contribution < -0.4 is 11.1 Å². The van der Waals surface area contributed by atoms with Gasteiger partial charge in [-0.15, -0.1) is 0 Å². The lowest BCUT2D eigenvalue weighted by Gasteiger charge is -2.36. The molecule has 2 nitrogen and oxygen atoms in total. The molecule has 0 saturated heterocycles. The molecule has 2 atom stereocenters. The van der Waals surface area contributed by atoms with Crippen molar-refractivity contribution in [2.75, 3.05) is 11.9 Å². The van der Waals surface area contributed by atoms with E-state index in [0.29, 0.717) is 23.2 Å². The van der Waals surface area contributed by atoms with Gasteiger partial charge in [0.15, 0.2) is 0 Å². The molecule has 0 radical (unpaired) electrons. The van der Waals surface area contributed by atoms with Crippen LogP contribution in [0.15, 0.2) is 18.2 Å². The molecule has 0 aromatic heterocycles. The quantitative estimate of drug-likeness (QED) is 0.873. The van der Waals surface area contributed by atoms with Crippen LogP contribution in [0.2, 0.25) is 5.02 Å². The van der Waals surface area contributed by atoms with Gasteiger partial charge in [-0.2, -0.15) is 0 Å². The molecule has 2 unspecified atom stereocenters. The molecule has 0 amide bonds. The minimum absolute atomic E-state index is 0.133. The van der Waals surface area contributed by atoms with Crippen molar-refractivity contribution in [1.82, 2.24) is 0 Å². The molecular formula is C14H20ClFN2. The lowest BCUT2D eigenvalue weighted by Crippen LogP contribution is -2.48. The van der Waals surface area contributed by atoms with Gasteiger partial charge < -0.3 is 11.1 Å². The maximum absolute atomic E-state index is 13.3. The Morgan fingerprint density at radius 2 is 2.33 bits per heavy atom. The Bertz CT molecular complexity index is 424. The molecule has 1 fully saturated rings. The van der Waals surface area contributed by atoms with Gasteiger partial charge in [-0.1, -0.05) is 31.4 Å². The lowest BCUT2D eigenvalue weighted by atomic mass is 9.85. The average molecular weight is 271 g/mol. The fraction of sp³-hybridized carbons (Fsp3) is 0.571. The first-order valence-electron chi connectivity index (χ1n) is 6.54.